The smallest absolute Gasteiger partial charge is 0.340 e. The number of nitrogens with one attached hydrogen (secondary N) is 4. The fourth-order valence-electron chi connectivity index (χ4n) is 11.9. The van der Waals surface area contributed by atoms with Crippen LogP contribution in [0.25, 0.3) is 32.9 Å². The molecule has 3 aromatic heterocycles. The molecule has 25 nitrogen and oxygen atoms in total. The van der Waals surface area contributed by atoms with Crippen molar-refractivity contribution in [2.24, 2.45) is 5.73 Å². The highest BCUT2D eigenvalue weighted by atomic mass is 35.5. The van der Waals surface area contributed by atoms with Crippen LogP contribution in [0.2, 0.25) is 5.02 Å². The van der Waals surface area contributed by atoms with Crippen molar-refractivity contribution in [3.8, 4) is 11.1 Å². The highest BCUT2D eigenvalue weighted by molar-refractivity contribution is 6.34. The van der Waals surface area contributed by atoms with E-state index in [-0.39, 0.29) is 86.0 Å². The predicted octanol–water partition coefficient (Wildman–Crippen LogP) is 4.33. The van der Waals surface area contributed by atoms with Crippen LogP contribution in [0.15, 0.2) is 67.0 Å². The Labute approximate surface area is 502 Å². The van der Waals surface area contributed by atoms with E-state index in [1.54, 1.807) is 21.9 Å². The van der Waals surface area contributed by atoms with Crippen LogP contribution in [0.1, 0.15) is 97.8 Å². The summed E-state index contributed by atoms with van der Waals surface area (Å²) in [6.07, 6.45) is 9.75. The molecule has 11 rings (SSSR count). The summed E-state index contributed by atoms with van der Waals surface area (Å²) in [5, 5.41) is 23.0. The van der Waals surface area contributed by atoms with Crippen molar-refractivity contribution in [3.05, 3.63) is 89.0 Å². The number of rotatable bonds is 26. The molecule has 0 atom stereocenters. The molecule has 86 heavy (non-hydrogen) atoms. The van der Waals surface area contributed by atoms with Gasteiger partial charge in [0.1, 0.15) is 37.5 Å². The largest absolute Gasteiger partial charge is 0.468 e. The lowest BCUT2D eigenvalue weighted by atomic mass is 9.88. The van der Waals surface area contributed by atoms with Crippen molar-refractivity contribution >= 4 is 92.1 Å². The lowest BCUT2D eigenvalue weighted by Gasteiger charge is -2.39. The number of ether oxygens (including phenoxy) is 4. The maximum Gasteiger partial charge on any atom is 0.340 e. The Balaban J connectivity index is 0.610. The molecule has 6 N–H and O–H groups in total. The van der Waals surface area contributed by atoms with Gasteiger partial charge in [-0.15, -0.1) is 9.69 Å². The molecule has 3 aromatic carbocycles. The van der Waals surface area contributed by atoms with E-state index in [0.29, 0.717) is 105 Å². The lowest BCUT2D eigenvalue weighted by Crippen LogP contribution is -2.65. The van der Waals surface area contributed by atoms with Gasteiger partial charge in [-0.05, 0) is 79.5 Å². The van der Waals surface area contributed by atoms with E-state index in [2.05, 4.69) is 48.0 Å². The second kappa shape index (κ2) is 28.4. The molecule has 5 aliphatic rings. The number of quaternary nitrogens is 1. The molecular formula is C60H74ClN14O11+. The van der Waals surface area contributed by atoms with E-state index in [4.69, 9.17) is 46.7 Å². The second-order valence-corrected chi connectivity index (χ2v) is 22.4. The summed E-state index contributed by atoms with van der Waals surface area (Å²) in [5.41, 5.74) is 11.4. The number of hydrogen-bond acceptors (Lipinski definition) is 17. The number of nitrogens with two attached hydrogens (primary N) is 1. The first-order valence-electron chi connectivity index (χ1n) is 29.5. The number of esters is 1. The maximum atomic E-state index is 14.6. The molecule has 4 bridgehead atoms. The van der Waals surface area contributed by atoms with Crippen LogP contribution in [0.5, 0.6) is 0 Å². The first-order chi connectivity index (χ1) is 41.8. The molecule has 0 radical (unpaired) electrons. The van der Waals surface area contributed by atoms with E-state index >= 15 is 0 Å². The molecule has 0 aliphatic carbocycles. The highest BCUT2D eigenvalue weighted by Gasteiger charge is 2.46. The number of piperidine rings is 3. The van der Waals surface area contributed by atoms with Crippen molar-refractivity contribution in [3.63, 3.8) is 0 Å². The number of nitrogens with zero attached hydrogens (tertiary/aromatic N) is 9. The van der Waals surface area contributed by atoms with Crippen LogP contribution in [0, 0.1) is 0 Å². The van der Waals surface area contributed by atoms with E-state index < -0.39 is 23.7 Å². The van der Waals surface area contributed by atoms with Gasteiger partial charge in [-0.1, -0.05) is 40.7 Å². The number of anilines is 3. The molecule has 0 saturated carbocycles. The SMILES string of the molecule is COC(=O)CNC(=O)CNC(=O)Cn1nc2c3c(cccc31)-c1cc3c(cnn3[N+]3(C(=O)CCC(=O)NCCOCCOCCOCCC(=O)N4CCC(c5ccc(Nc6nc(N7CCCCC7)cnc6C(N)=O)cc5)CC4)CCC2CC3)cc1Cl. The lowest BCUT2D eigenvalue weighted by molar-refractivity contribution is -0.142. The van der Waals surface area contributed by atoms with Crippen LogP contribution >= 0.6 is 11.6 Å². The summed E-state index contributed by atoms with van der Waals surface area (Å²) in [7, 11) is 1.21. The fraction of sp³-hybridized carbons (Fsp3) is 0.483. The standard InChI is InChI=1S/C60H73ClN14O11/c1-83-55(81)37-65-51(77)36-64-52(78)38-73-47-7-5-6-44-45-33-48-42(32-46(45)61)34-67-74(48)75(24-16-41(17-25-75)57(70-73)56(44)47)54(80)13-12-50(76)63-19-27-85-29-31-86-30-28-84-26-18-53(79)72-22-14-40(15-23-72)39-8-10-43(11-9-39)68-60-58(59(62)82)66-35-49(69-60)71-20-3-2-4-21-71/h5-11,32-35,40-41H,2-4,12-31,36-38H2,1H3,(H5-,62,63,64,65,68,69,76,77,78,82)/p+1. The minimum atomic E-state index is -0.643. The van der Waals surface area contributed by atoms with Gasteiger partial charge in [0, 0.05) is 85.0 Å². The molecule has 0 spiro atoms. The average Bonchev–Trinajstić information content (AvgIpc) is 2.59. The third kappa shape index (κ3) is 14.4. The van der Waals surface area contributed by atoms with Crippen LogP contribution < -0.4 is 36.5 Å². The number of benzene rings is 3. The summed E-state index contributed by atoms with van der Waals surface area (Å²) in [5.74, 6) is -1.35. The Morgan fingerprint density at radius 3 is 2.17 bits per heavy atom. The quantitative estimate of drug-likeness (QED) is 0.0287. The van der Waals surface area contributed by atoms with Gasteiger partial charge in [-0.3, -0.25) is 33.4 Å². The summed E-state index contributed by atoms with van der Waals surface area (Å²) >= 11 is 7.02. The number of fused-ring (bicyclic) bond motifs is 2. The monoisotopic (exact) mass is 1200 g/mol. The number of likely N-dealkylation sites (tertiary alicyclic amines) is 1. The van der Waals surface area contributed by atoms with Crippen molar-refractivity contribution in [2.75, 3.05) is 116 Å². The molecule has 3 fully saturated rings. The molecule has 5 aliphatic heterocycles. The summed E-state index contributed by atoms with van der Waals surface area (Å²) < 4.78 is 23.1. The fourth-order valence-corrected chi connectivity index (χ4v) is 12.2. The van der Waals surface area contributed by atoms with Crippen LogP contribution in [0.3, 0.4) is 0 Å². The van der Waals surface area contributed by atoms with Gasteiger partial charge in [0.25, 0.3) is 5.91 Å². The second-order valence-electron chi connectivity index (χ2n) is 22.0. The van der Waals surface area contributed by atoms with Crippen molar-refractivity contribution < 1.29 is 52.5 Å². The van der Waals surface area contributed by atoms with Gasteiger partial charge < -0.3 is 55.7 Å². The normalized spacial score (nSPS) is 17.5. The van der Waals surface area contributed by atoms with Crippen molar-refractivity contribution in [1.29, 1.82) is 0 Å². The third-order valence-corrected chi connectivity index (χ3v) is 16.9. The number of primary amides is 1. The first-order valence-corrected chi connectivity index (χ1v) is 29.9. The molecule has 26 heteroatoms. The number of hydrogen-bond donors (Lipinski definition) is 5. The minimum absolute atomic E-state index is 0.0249. The molecule has 3 saturated heterocycles. The number of methoxy groups -OCH3 is 1. The summed E-state index contributed by atoms with van der Waals surface area (Å²) in [4.78, 5) is 105. The number of halogens is 1. The summed E-state index contributed by atoms with van der Waals surface area (Å²) in [6, 6.07) is 17.6. The zero-order valence-corrected chi connectivity index (χ0v) is 49.1. The molecule has 6 aromatic rings. The zero-order valence-electron chi connectivity index (χ0n) is 48.4. The number of carbonyl (C=O) groups excluding carboxylic acids is 7. The summed E-state index contributed by atoms with van der Waals surface area (Å²) in [6.45, 7) is 5.17. The average molecular weight is 1200 g/mol. The van der Waals surface area contributed by atoms with Gasteiger partial charge in [-0.25, -0.2) is 14.8 Å². The predicted molar refractivity (Wildman–Crippen MR) is 320 cm³/mol. The first kappa shape index (κ1) is 61.0. The van der Waals surface area contributed by atoms with Crippen LogP contribution in [-0.4, -0.2) is 182 Å². The number of amides is 6. The Morgan fingerprint density at radius 2 is 1.44 bits per heavy atom. The Morgan fingerprint density at radius 1 is 0.721 bits per heavy atom. The topological polar surface area (TPSA) is 298 Å². The van der Waals surface area contributed by atoms with Gasteiger partial charge in [0.15, 0.2) is 11.5 Å². The Bertz CT molecular complexity index is 3440. The van der Waals surface area contributed by atoms with Crippen LogP contribution in [0.4, 0.5) is 17.3 Å². The molecule has 8 heterocycles. The maximum absolute atomic E-state index is 14.6. The van der Waals surface area contributed by atoms with Crippen molar-refractivity contribution in [1.82, 2.24) is 55.1 Å². The molecule has 0 unspecified atom stereocenters. The molecule has 6 amide bonds. The van der Waals surface area contributed by atoms with E-state index in [0.717, 1.165) is 72.3 Å². The van der Waals surface area contributed by atoms with E-state index in [1.165, 1.54) is 19.1 Å². The highest BCUT2D eigenvalue weighted by Crippen LogP contribution is 2.44. The number of carbonyl (C=O) groups is 7. The molecule has 456 valence electrons. The van der Waals surface area contributed by atoms with E-state index in [9.17, 15) is 33.6 Å². The minimum Gasteiger partial charge on any atom is -0.468 e. The van der Waals surface area contributed by atoms with Crippen molar-refractivity contribution in [2.45, 2.75) is 82.6 Å². The molecular weight excluding hydrogens is 1130 g/mol. The number of aromatic nitrogens is 6. The van der Waals surface area contributed by atoms with Crippen LogP contribution in [-0.2, 0) is 54.3 Å². The Hall–Kier alpha value is -8.10. The zero-order chi connectivity index (χ0) is 60.2. The van der Waals surface area contributed by atoms with Gasteiger partial charge in [-0.2, -0.15) is 5.10 Å². The van der Waals surface area contributed by atoms with Gasteiger partial charge in [0.05, 0.1) is 89.7 Å². The third-order valence-electron chi connectivity index (χ3n) is 16.5. The van der Waals surface area contributed by atoms with E-state index in [1.807, 2.05) is 47.4 Å². The van der Waals surface area contributed by atoms with Gasteiger partial charge >= 0.3 is 11.9 Å². The Kier molecular flexibility index (Phi) is 20.1. The van der Waals surface area contributed by atoms with Gasteiger partial charge in [0.2, 0.25) is 23.6 Å².